The third-order valence-electron chi connectivity index (χ3n) is 3.26. The number of hydrogen-bond acceptors (Lipinski definition) is 3. The monoisotopic (exact) mass is 392 g/mol. The number of phenols is 1. The molecule has 0 bridgehead atoms. The molecule has 3 rings (SSSR count). The number of carbonyl (C=O) groups excluding carboxylic acids is 1. The molecule has 0 fully saturated rings. The van der Waals surface area contributed by atoms with Gasteiger partial charge in [0.2, 0.25) is 0 Å². The first-order valence-corrected chi connectivity index (χ1v) is 8.93. The van der Waals surface area contributed by atoms with Crippen LogP contribution in [0.5, 0.6) is 5.75 Å². The molecule has 0 heterocycles. The Kier molecular flexibility index (Phi) is 6.90. The predicted octanol–water partition coefficient (Wildman–Crippen LogP) is 3.79. The van der Waals surface area contributed by atoms with Gasteiger partial charge in [0.25, 0.3) is 0 Å². The number of carbonyl (C=O) groups is 1. The molecular formula is C20H15F3O3S. The highest BCUT2D eigenvalue weighted by Crippen LogP contribution is 2.31. The smallest absolute Gasteiger partial charge is 0.430 e. The SMILES string of the molecule is O=C([O-])C(F)(F)F.Oc1ccc([S+](c2ccccc2)c2ccccc2)cc1. The van der Waals surface area contributed by atoms with E-state index in [-0.39, 0.29) is 10.9 Å². The van der Waals surface area contributed by atoms with E-state index in [9.17, 15) is 18.3 Å². The first-order chi connectivity index (χ1) is 12.8. The summed E-state index contributed by atoms with van der Waals surface area (Å²) in [6, 6.07) is 28.5. The third-order valence-corrected chi connectivity index (χ3v) is 5.49. The minimum Gasteiger partial charge on any atom is -0.542 e. The van der Waals surface area contributed by atoms with Crippen molar-refractivity contribution >= 4 is 16.9 Å². The van der Waals surface area contributed by atoms with Gasteiger partial charge >= 0.3 is 6.18 Å². The lowest BCUT2D eigenvalue weighted by atomic mass is 10.3. The number of rotatable bonds is 3. The van der Waals surface area contributed by atoms with E-state index in [0.29, 0.717) is 5.75 Å². The van der Waals surface area contributed by atoms with E-state index >= 15 is 0 Å². The fourth-order valence-electron chi connectivity index (χ4n) is 2.10. The maximum Gasteiger partial charge on any atom is 0.430 e. The van der Waals surface area contributed by atoms with Crippen molar-refractivity contribution in [3.8, 4) is 5.75 Å². The average Bonchev–Trinajstić information content (AvgIpc) is 2.65. The minimum absolute atomic E-state index is 0.134. The molecule has 1 N–H and O–H groups in total. The zero-order valence-corrected chi connectivity index (χ0v) is 14.7. The van der Waals surface area contributed by atoms with E-state index in [0.717, 1.165) is 0 Å². The lowest BCUT2D eigenvalue weighted by molar-refractivity contribution is -0.344. The topological polar surface area (TPSA) is 60.4 Å². The number of aromatic hydroxyl groups is 1. The predicted molar refractivity (Wildman–Crippen MR) is 94.2 cm³/mol. The summed E-state index contributed by atoms with van der Waals surface area (Å²) in [7, 11) is -0.134. The highest BCUT2D eigenvalue weighted by molar-refractivity contribution is 7.97. The molecule has 27 heavy (non-hydrogen) atoms. The zero-order valence-electron chi connectivity index (χ0n) is 13.9. The first-order valence-electron chi connectivity index (χ1n) is 7.70. The summed E-state index contributed by atoms with van der Waals surface area (Å²) in [5, 5.41) is 18.3. The molecular weight excluding hydrogens is 377 g/mol. The maximum absolute atomic E-state index is 10.5. The standard InChI is InChI=1S/C18H14OS.C2HF3O2/c19-15-11-13-18(14-12-15)20(16-7-3-1-4-8-16)17-9-5-2-6-10-17;3-2(4,5)1(6)7/h1-14H;(H,6,7). The van der Waals surface area contributed by atoms with E-state index < -0.39 is 12.1 Å². The summed E-state index contributed by atoms with van der Waals surface area (Å²) in [6.07, 6.45) is -5.19. The Labute approximate surface area is 157 Å². The molecule has 0 saturated heterocycles. The van der Waals surface area contributed by atoms with E-state index in [1.165, 1.54) is 14.7 Å². The second-order valence-corrected chi connectivity index (χ2v) is 7.24. The Morgan fingerprint density at radius 1 is 0.741 bits per heavy atom. The molecule has 3 nitrogen and oxygen atoms in total. The van der Waals surface area contributed by atoms with E-state index in [1.54, 1.807) is 12.1 Å². The maximum atomic E-state index is 10.5. The fraction of sp³-hybridized carbons (Fsp3) is 0.0500. The molecule has 0 aliphatic rings. The number of aliphatic carboxylic acids is 1. The second-order valence-electron chi connectivity index (χ2n) is 5.21. The van der Waals surface area contributed by atoms with Gasteiger partial charge in [-0.3, -0.25) is 0 Å². The van der Waals surface area contributed by atoms with E-state index in [1.807, 2.05) is 24.3 Å². The summed E-state index contributed by atoms with van der Waals surface area (Å²) >= 11 is 0. The van der Waals surface area contributed by atoms with Gasteiger partial charge in [0.05, 0.1) is 10.9 Å². The normalized spacial score (nSPS) is 10.8. The highest BCUT2D eigenvalue weighted by atomic mass is 32.2. The van der Waals surface area contributed by atoms with Crippen LogP contribution in [0.15, 0.2) is 99.6 Å². The van der Waals surface area contributed by atoms with Gasteiger partial charge in [-0.2, -0.15) is 13.2 Å². The molecule has 0 aliphatic carbocycles. The Hall–Kier alpha value is -2.93. The van der Waals surface area contributed by atoms with Gasteiger partial charge in [0, 0.05) is 0 Å². The molecule has 3 aromatic rings. The van der Waals surface area contributed by atoms with Gasteiger partial charge in [0.1, 0.15) is 11.7 Å². The van der Waals surface area contributed by atoms with Crippen molar-refractivity contribution in [3.05, 3.63) is 84.9 Å². The Morgan fingerprint density at radius 2 is 1.07 bits per heavy atom. The second kappa shape index (κ2) is 9.14. The molecule has 0 unspecified atom stereocenters. The molecule has 140 valence electrons. The average molecular weight is 392 g/mol. The summed E-state index contributed by atoms with van der Waals surface area (Å²) in [6.45, 7) is 0. The molecule has 0 aromatic heterocycles. The van der Waals surface area contributed by atoms with Crippen LogP contribution >= 0.6 is 0 Å². The fourth-order valence-corrected chi connectivity index (χ4v) is 4.19. The number of hydrogen-bond donors (Lipinski definition) is 1. The molecule has 0 saturated carbocycles. The van der Waals surface area contributed by atoms with E-state index in [2.05, 4.69) is 48.5 Å². The Bertz CT molecular complexity index is 812. The van der Waals surface area contributed by atoms with Crippen LogP contribution in [0.4, 0.5) is 13.2 Å². The number of phenolic OH excluding ortho intramolecular Hbond substituents is 1. The quantitative estimate of drug-likeness (QED) is 0.690. The summed E-state index contributed by atoms with van der Waals surface area (Å²) in [5.41, 5.74) is 0. The van der Waals surface area contributed by atoms with Crippen LogP contribution in [0, 0.1) is 0 Å². The van der Waals surface area contributed by atoms with Gasteiger partial charge in [-0.15, -0.1) is 0 Å². The third kappa shape index (κ3) is 6.07. The number of alkyl halides is 3. The largest absolute Gasteiger partial charge is 0.542 e. The van der Waals surface area contributed by atoms with Gasteiger partial charge < -0.3 is 15.0 Å². The minimum atomic E-state index is -5.19. The van der Waals surface area contributed by atoms with Crippen molar-refractivity contribution < 1.29 is 28.2 Å². The van der Waals surface area contributed by atoms with Crippen LogP contribution < -0.4 is 5.11 Å². The molecule has 0 atom stereocenters. The van der Waals surface area contributed by atoms with Gasteiger partial charge in [-0.25, -0.2) is 0 Å². The number of halogens is 3. The molecule has 0 amide bonds. The summed E-state index contributed by atoms with van der Waals surface area (Å²) < 4.78 is 31.5. The summed E-state index contributed by atoms with van der Waals surface area (Å²) in [5.74, 6) is -2.70. The lowest BCUT2D eigenvalue weighted by Crippen LogP contribution is -2.37. The van der Waals surface area contributed by atoms with Crippen LogP contribution in [-0.2, 0) is 15.7 Å². The summed E-state index contributed by atoms with van der Waals surface area (Å²) in [4.78, 5) is 12.6. The molecule has 0 radical (unpaired) electrons. The van der Waals surface area contributed by atoms with Crippen LogP contribution in [-0.4, -0.2) is 17.3 Å². The van der Waals surface area contributed by atoms with Crippen molar-refractivity contribution in [3.63, 3.8) is 0 Å². The zero-order chi connectivity index (χ0) is 19.9. The molecule has 0 aliphatic heterocycles. The Balaban J connectivity index is 0.000000321. The van der Waals surface area contributed by atoms with Crippen molar-refractivity contribution in [1.29, 1.82) is 0 Å². The van der Waals surface area contributed by atoms with Gasteiger partial charge in [0.15, 0.2) is 14.7 Å². The van der Waals surface area contributed by atoms with Crippen molar-refractivity contribution in [1.82, 2.24) is 0 Å². The van der Waals surface area contributed by atoms with Crippen LogP contribution in [0.1, 0.15) is 0 Å². The number of carboxylic acids is 1. The number of carboxylic acid groups (broad SMARTS) is 1. The Morgan fingerprint density at radius 3 is 1.41 bits per heavy atom. The van der Waals surface area contributed by atoms with Crippen molar-refractivity contribution in [2.45, 2.75) is 20.9 Å². The van der Waals surface area contributed by atoms with Crippen LogP contribution in [0.3, 0.4) is 0 Å². The molecule has 7 heteroatoms. The molecule has 0 spiro atoms. The van der Waals surface area contributed by atoms with Crippen molar-refractivity contribution in [2.75, 3.05) is 0 Å². The first kappa shape index (κ1) is 20.4. The molecule has 3 aromatic carbocycles. The number of benzene rings is 3. The van der Waals surface area contributed by atoms with Crippen LogP contribution in [0.25, 0.3) is 0 Å². The van der Waals surface area contributed by atoms with Crippen LogP contribution in [0.2, 0.25) is 0 Å². The highest BCUT2D eigenvalue weighted by Gasteiger charge is 2.29. The van der Waals surface area contributed by atoms with E-state index in [4.69, 9.17) is 9.90 Å². The van der Waals surface area contributed by atoms with Gasteiger partial charge in [-0.1, -0.05) is 36.4 Å². The lowest BCUT2D eigenvalue weighted by Gasteiger charge is -2.07. The van der Waals surface area contributed by atoms with Crippen molar-refractivity contribution in [2.24, 2.45) is 0 Å². The van der Waals surface area contributed by atoms with Gasteiger partial charge in [-0.05, 0) is 48.5 Å².